The topological polar surface area (TPSA) is 92.3 Å². The largest absolute Gasteiger partial charge is 0.459 e. The Morgan fingerprint density at radius 2 is 1.86 bits per heavy atom. The molecule has 1 aliphatic carbocycles. The maximum absolute atomic E-state index is 13.0. The van der Waals surface area contributed by atoms with Gasteiger partial charge in [-0.25, -0.2) is 14.8 Å². The normalized spacial score (nSPS) is 20.5. The van der Waals surface area contributed by atoms with Gasteiger partial charge in [0.05, 0.1) is 17.1 Å². The van der Waals surface area contributed by atoms with Crippen LogP contribution in [0.25, 0.3) is 22.2 Å². The first-order valence-electron chi connectivity index (χ1n) is 10.6. The predicted octanol–water partition coefficient (Wildman–Crippen LogP) is 4.01. The molecule has 7 nitrogen and oxygen atoms in total. The Morgan fingerprint density at radius 1 is 1.10 bits per heavy atom. The standard InChI is InChI=1S/C22H26N4O3/c23-20-18(22(27)29-13-15-9-6-12-28-15)19-21(26(20)14-7-2-1-3-8-14)25-17-11-5-4-10-16(17)24-19/h4-5,10-11,14-15H,1-3,6-9,12-13,23H2/t15-/m0/s1. The van der Waals surface area contributed by atoms with E-state index in [4.69, 9.17) is 25.2 Å². The molecule has 3 aromatic rings. The first-order chi connectivity index (χ1) is 14.2. The number of anilines is 1. The molecule has 0 radical (unpaired) electrons. The van der Waals surface area contributed by atoms with Gasteiger partial charge < -0.3 is 19.8 Å². The lowest BCUT2D eigenvalue weighted by Crippen LogP contribution is -2.19. The highest BCUT2D eigenvalue weighted by atomic mass is 16.6. The van der Waals surface area contributed by atoms with Gasteiger partial charge in [0.1, 0.15) is 23.5 Å². The third-order valence-corrected chi connectivity index (χ3v) is 6.10. The Bertz CT molecular complexity index is 1050. The highest BCUT2D eigenvalue weighted by Gasteiger charge is 2.30. The highest BCUT2D eigenvalue weighted by molar-refractivity contribution is 6.08. The Kier molecular flexibility index (Phi) is 4.83. The molecule has 1 aromatic carbocycles. The third-order valence-electron chi connectivity index (χ3n) is 6.10. The molecule has 0 amide bonds. The van der Waals surface area contributed by atoms with Crippen LogP contribution in [0.5, 0.6) is 0 Å². The minimum Gasteiger partial charge on any atom is -0.459 e. The number of para-hydroxylation sites is 2. The second-order valence-electron chi connectivity index (χ2n) is 8.04. The number of fused-ring (bicyclic) bond motifs is 2. The van der Waals surface area contributed by atoms with Crippen molar-refractivity contribution in [3.8, 4) is 0 Å². The molecule has 1 saturated carbocycles. The molecule has 2 N–H and O–H groups in total. The number of aromatic nitrogens is 3. The fraction of sp³-hybridized carbons (Fsp3) is 0.500. The molecule has 1 saturated heterocycles. The number of ether oxygens (including phenoxy) is 2. The summed E-state index contributed by atoms with van der Waals surface area (Å²) >= 11 is 0. The van der Waals surface area contributed by atoms with E-state index in [1.807, 2.05) is 28.8 Å². The zero-order chi connectivity index (χ0) is 19.8. The molecule has 0 spiro atoms. The highest BCUT2D eigenvalue weighted by Crippen LogP contribution is 2.37. The number of benzene rings is 1. The van der Waals surface area contributed by atoms with Crippen molar-refractivity contribution in [3.05, 3.63) is 29.8 Å². The van der Waals surface area contributed by atoms with E-state index in [9.17, 15) is 4.79 Å². The second-order valence-corrected chi connectivity index (χ2v) is 8.04. The first kappa shape index (κ1) is 18.4. The summed E-state index contributed by atoms with van der Waals surface area (Å²) in [6, 6.07) is 7.93. The van der Waals surface area contributed by atoms with Crippen molar-refractivity contribution in [1.29, 1.82) is 0 Å². The van der Waals surface area contributed by atoms with Gasteiger partial charge in [-0.05, 0) is 37.8 Å². The van der Waals surface area contributed by atoms with Gasteiger partial charge in [0.25, 0.3) is 0 Å². The summed E-state index contributed by atoms with van der Waals surface area (Å²) in [4.78, 5) is 22.6. The van der Waals surface area contributed by atoms with Crippen molar-refractivity contribution < 1.29 is 14.3 Å². The lowest BCUT2D eigenvalue weighted by atomic mass is 9.95. The summed E-state index contributed by atoms with van der Waals surface area (Å²) < 4.78 is 13.2. The van der Waals surface area contributed by atoms with E-state index in [0.29, 0.717) is 22.5 Å². The van der Waals surface area contributed by atoms with Crippen molar-refractivity contribution in [2.75, 3.05) is 18.9 Å². The zero-order valence-electron chi connectivity index (χ0n) is 16.5. The minimum atomic E-state index is -0.442. The molecule has 5 rings (SSSR count). The Balaban J connectivity index is 1.60. The number of carbonyl (C=O) groups is 1. The van der Waals surface area contributed by atoms with Crippen LogP contribution < -0.4 is 5.73 Å². The van der Waals surface area contributed by atoms with Crippen LogP contribution in [0.3, 0.4) is 0 Å². The van der Waals surface area contributed by atoms with Gasteiger partial charge in [0.15, 0.2) is 5.65 Å². The molecule has 1 aliphatic heterocycles. The van der Waals surface area contributed by atoms with Crippen molar-refractivity contribution in [2.45, 2.75) is 57.1 Å². The Morgan fingerprint density at radius 3 is 2.59 bits per heavy atom. The number of nitrogens with zero attached hydrogens (tertiary/aromatic N) is 3. The average Bonchev–Trinajstić information content (AvgIpc) is 3.36. The molecule has 152 valence electrons. The molecule has 3 heterocycles. The van der Waals surface area contributed by atoms with Crippen LogP contribution in [-0.2, 0) is 9.47 Å². The fourth-order valence-electron chi connectivity index (χ4n) is 4.61. The second kappa shape index (κ2) is 7.63. The van der Waals surface area contributed by atoms with E-state index in [0.717, 1.165) is 56.2 Å². The maximum atomic E-state index is 13.0. The van der Waals surface area contributed by atoms with Crippen LogP contribution in [0.1, 0.15) is 61.3 Å². The molecule has 2 aromatic heterocycles. The van der Waals surface area contributed by atoms with E-state index in [-0.39, 0.29) is 18.8 Å². The van der Waals surface area contributed by atoms with Gasteiger partial charge >= 0.3 is 5.97 Å². The number of hydrogen-bond donors (Lipinski definition) is 1. The summed E-state index contributed by atoms with van der Waals surface area (Å²) in [6.07, 6.45) is 7.51. The number of esters is 1. The number of nitrogen functional groups attached to an aromatic ring is 1. The van der Waals surface area contributed by atoms with Crippen LogP contribution in [0.15, 0.2) is 24.3 Å². The number of rotatable bonds is 4. The fourth-order valence-corrected chi connectivity index (χ4v) is 4.61. The van der Waals surface area contributed by atoms with Gasteiger partial charge in [0.2, 0.25) is 0 Å². The summed E-state index contributed by atoms with van der Waals surface area (Å²) in [7, 11) is 0. The zero-order valence-corrected chi connectivity index (χ0v) is 16.5. The van der Waals surface area contributed by atoms with Gasteiger partial charge in [-0.1, -0.05) is 31.4 Å². The number of nitrogens with two attached hydrogens (primary N) is 1. The smallest absolute Gasteiger partial charge is 0.344 e. The Hall–Kier alpha value is -2.67. The molecule has 29 heavy (non-hydrogen) atoms. The molecule has 2 aliphatic rings. The van der Waals surface area contributed by atoms with Crippen LogP contribution in [0, 0.1) is 0 Å². The number of hydrogen-bond acceptors (Lipinski definition) is 6. The molecular weight excluding hydrogens is 368 g/mol. The van der Waals surface area contributed by atoms with Crippen molar-refractivity contribution in [1.82, 2.24) is 14.5 Å². The van der Waals surface area contributed by atoms with Gasteiger partial charge in [-0.2, -0.15) is 0 Å². The van der Waals surface area contributed by atoms with E-state index in [1.54, 1.807) is 0 Å². The van der Waals surface area contributed by atoms with Crippen molar-refractivity contribution >= 4 is 34.0 Å². The van der Waals surface area contributed by atoms with Gasteiger partial charge in [-0.15, -0.1) is 0 Å². The summed E-state index contributed by atoms with van der Waals surface area (Å²) in [6.45, 7) is 0.970. The maximum Gasteiger partial charge on any atom is 0.344 e. The molecular formula is C22H26N4O3. The average molecular weight is 394 g/mol. The summed E-state index contributed by atoms with van der Waals surface area (Å²) in [5, 5.41) is 0. The Labute approximate surface area is 169 Å². The molecule has 2 fully saturated rings. The van der Waals surface area contributed by atoms with E-state index >= 15 is 0 Å². The SMILES string of the molecule is Nc1c(C(=O)OC[C@@H]2CCCO2)c2nc3ccccc3nc2n1C1CCCCC1. The van der Waals surface area contributed by atoms with Crippen LogP contribution in [0.4, 0.5) is 5.82 Å². The summed E-state index contributed by atoms with van der Waals surface area (Å²) in [5.74, 6) is -0.0262. The monoisotopic (exact) mass is 394 g/mol. The molecule has 1 atom stereocenters. The van der Waals surface area contributed by atoms with Gasteiger partial charge in [0, 0.05) is 12.6 Å². The van der Waals surface area contributed by atoms with Crippen LogP contribution >= 0.6 is 0 Å². The third kappa shape index (κ3) is 3.33. The number of carbonyl (C=O) groups excluding carboxylic acids is 1. The minimum absolute atomic E-state index is 0.0289. The van der Waals surface area contributed by atoms with Crippen molar-refractivity contribution in [2.24, 2.45) is 0 Å². The van der Waals surface area contributed by atoms with E-state index in [2.05, 4.69) is 0 Å². The van der Waals surface area contributed by atoms with Gasteiger partial charge in [-0.3, -0.25) is 0 Å². The lowest BCUT2D eigenvalue weighted by molar-refractivity contribution is 0.0163. The molecule has 0 bridgehead atoms. The van der Waals surface area contributed by atoms with E-state index in [1.165, 1.54) is 6.42 Å². The lowest BCUT2D eigenvalue weighted by Gasteiger charge is -2.25. The predicted molar refractivity (Wildman–Crippen MR) is 111 cm³/mol. The van der Waals surface area contributed by atoms with E-state index < -0.39 is 5.97 Å². The van der Waals surface area contributed by atoms with Crippen LogP contribution in [0.2, 0.25) is 0 Å². The first-order valence-corrected chi connectivity index (χ1v) is 10.6. The molecule has 0 unspecified atom stereocenters. The quantitative estimate of drug-likeness (QED) is 0.672. The van der Waals surface area contributed by atoms with Crippen molar-refractivity contribution in [3.63, 3.8) is 0 Å². The van der Waals surface area contributed by atoms with Crippen LogP contribution in [-0.4, -0.2) is 39.8 Å². The summed E-state index contributed by atoms with van der Waals surface area (Å²) in [5.41, 5.74) is 9.63. The molecule has 7 heteroatoms.